The van der Waals surface area contributed by atoms with Gasteiger partial charge in [0, 0.05) is 6.20 Å². The van der Waals surface area contributed by atoms with E-state index in [2.05, 4.69) is 15.5 Å². The third-order valence-electron chi connectivity index (χ3n) is 2.35. The van der Waals surface area contributed by atoms with Crippen LogP contribution in [0.3, 0.4) is 0 Å². The standard InChI is InChI=1S/C13H9Cl2N3O2/c14-10-5-11(15)12(16-7-10)18-17-6-8-1-3-9(4-2-8)13(19)20/h1-7H,(H,16,18)(H,19,20)/b17-6-. The summed E-state index contributed by atoms with van der Waals surface area (Å²) in [5, 5.41) is 13.5. The molecule has 20 heavy (non-hydrogen) atoms. The molecule has 0 atom stereocenters. The SMILES string of the molecule is O=C(O)c1ccc(/C=N\Nc2ncc(Cl)cc2Cl)cc1. The first-order valence-electron chi connectivity index (χ1n) is 5.50. The van der Waals surface area contributed by atoms with E-state index in [0.29, 0.717) is 15.9 Å². The molecule has 0 bridgehead atoms. The molecule has 5 nitrogen and oxygen atoms in total. The molecule has 7 heteroatoms. The smallest absolute Gasteiger partial charge is 0.335 e. The second kappa shape index (κ2) is 6.36. The molecule has 1 aromatic carbocycles. The van der Waals surface area contributed by atoms with Crippen LogP contribution in [-0.2, 0) is 0 Å². The zero-order valence-corrected chi connectivity index (χ0v) is 11.6. The third-order valence-corrected chi connectivity index (χ3v) is 2.84. The number of nitrogens with one attached hydrogen (secondary N) is 1. The Kier molecular flexibility index (Phi) is 4.55. The molecule has 102 valence electrons. The van der Waals surface area contributed by atoms with Crippen molar-refractivity contribution in [3.8, 4) is 0 Å². The molecular weight excluding hydrogens is 301 g/mol. The minimum Gasteiger partial charge on any atom is -0.478 e. The molecule has 1 aromatic heterocycles. The van der Waals surface area contributed by atoms with Gasteiger partial charge in [0.1, 0.15) is 0 Å². The predicted molar refractivity (Wildman–Crippen MR) is 78.9 cm³/mol. The van der Waals surface area contributed by atoms with Gasteiger partial charge < -0.3 is 5.11 Å². The van der Waals surface area contributed by atoms with Crippen LogP contribution in [0.25, 0.3) is 0 Å². The lowest BCUT2D eigenvalue weighted by Crippen LogP contribution is -1.97. The van der Waals surface area contributed by atoms with Crippen molar-refractivity contribution in [3.05, 3.63) is 57.7 Å². The summed E-state index contributed by atoms with van der Waals surface area (Å²) in [4.78, 5) is 14.7. The van der Waals surface area contributed by atoms with Crippen LogP contribution >= 0.6 is 23.2 Å². The highest BCUT2D eigenvalue weighted by Crippen LogP contribution is 2.22. The number of anilines is 1. The quantitative estimate of drug-likeness (QED) is 0.669. The van der Waals surface area contributed by atoms with Gasteiger partial charge in [-0.1, -0.05) is 35.3 Å². The van der Waals surface area contributed by atoms with Crippen LogP contribution in [0, 0.1) is 0 Å². The summed E-state index contributed by atoms with van der Waals surface area (Å²) in [6.45, 7) is 0. The zero-order chi connectivity index (χ0) is 14.5. The first kappa shape index (κ1) is 14.3. The summed E-state index contributed by atoms with van der Waals surface area (Å²) in [6, 6.07) is 7.83. The molecule has 0 unspecified atom stereocenters. The third kappa shape index (κ3) is 3.69. The van der Waals surface area contributed by atoms with E-state index in [-0.39, 0.29) is 5.56 Å². The van der Waals surface area contributed by atoms with Crippen molar-refractivity contribution in [2.24, 2.45) is 5.10 Å². The Labute approximate surface area is 124 Å². The van der Waals surface area contributed by atoms with Gasteiger partial charge in [-0.05, 0) is 23.8 Å². The lowest BCUT2D eigenvalue weighted by molar-refractivity contribution is 0.0697. The van der Waals surface area contributed by atoms with Crippen LogP contribution in [-0.4, -0.2) is 22.3 Å². The van der Waals surface area contributed by atoms with Gasteiger partial charge in [-0.2, -0.15) is 5.10 Å². The Bertz CT molecular complexity index is 657. The van der Waals surface area contributed by atoms with E-state index in [1.807, 2.05) is 0 Å². The Balaban J connectivity index is 2.04. The number of halogens is 2. The maximum absolute atomic E-state index is 10.7. The molecule has 0 spiro atoms. The summed E-state index contributed by atoms with van der Waals surface area (Å²) >= 11 is 11.6. The minimum atomic E-state index is -0.969. The lowest BCUT2D eigenvalue weighted by Gasteiger charge is -2.02. The molecule has 0 saturated heterocycles. The van der Waals surface area contributed by atoms with Crippen molar-refractivity contribution < 1.29 is 9.90 Å². The van der Waals surface area contributed by atoms with Crippen molar-refractivity contribution in [1.82, 2.24) is 4.98 Å². The number of carboxylic acids is 1. The lowest BCUT2D eigenvalue weighted by atomic mass is 10.1. The second-order valence-corrected chi connectivity index (χ2v) is 4.62. The molecule has 0 aliphatic carbocycles. The number of benzene rings is 1. The predicted octanol–water partition coefficient (Wildman–Crippen LogP) is 3.53. The van der Waals surface area contributed by atoms with E-state index in [0.717, 1.165) is 5.56 Å². The normalized spacial score (nSPS) is 10.7. The van der Waals surface area contributed by atoms with Crippen LogP contribution in [0.4, 0.5) is 5.82 Å². The summed E-state index contributed by atoms with van der Waals surface area (Å²) in [7, 11) is 0. The Morgan fingerprint density at radius 3 is 2.60 bits per heavy atom. The topological polar surface area (TPSA) is 74.6 Å². The summed E-state index contributed by atoms with van der Waals surface area (Å²) in [6.07, 6.45) is 2.98. The molecule has 1 heterocycles. The highest BCUT2D eigenvalue weighted by Gasteiger charge is 2.02. The van der Waals surface area contributed by atoms with Gasteiger partial charge >= 0.3 is 5.97 Å². The molecule has 0 amide bonds. The number of nitrogens with zero attached hydrogens (tertiary/aromatic N) is 2. The van der Waals surface area contributed by atoms with Crippen LogP contribution in [0.15, 0.2) is 41.6 Å². The number of hydrogen-bond donors (Lipinski definition) is 2. The van der Waals surface area contributed by atoms with Crippen LogP contribution in [0.1, 0.15) is 15.9 Å². The van der Waals surface area contributed by atoms with Gasteiger partial charge in [0.15, 0.2) is 5.82 Å². The molecule has 0 radical (unpaired) electrons. The number of carboxylic acid groups (broad SMARTS) is 1. The van der Waals surface area contributed by atoms with E-state index in [1.54, 1.807) is 18.2 Å². The fourth-order valence-electron chi connectivity index (χ4n) is 1.38. The number of rotatable bonds is 4. The number of hydrogen-bond acceptors (Lipinski definition) is 4. The van der Waals surface area contributed by atoms with E-state index < -0.39 is 5.97 Å². The molecule has 0 aliphatic heterocycles. The number of aromatic carboxylic acids is 1. The molecule has 0 aliphatic rings. The largest absolute Gasteiger partial charge is 0.478 e. The molecule has 0 fully saturated rings. The van der Waals surface area contributed by atoms with Gasteiger partial charge in [0.2, 0.25) is 0 Å². The molecule has 0 saturated carbocycles. The van der Waals surface area contributed by atoms with Crippen LogP contribution < -0.4 is 5.43 Å². The Morgan fingerprint density at radius 1 is 1.30 bits per heavy atom. The van der Waals surface area contributed by atoms with E-state index in [4.69, 9.17) is 28.3 Å². The molecular formula is C13H9Cl2N3O2. The highest BCUT2D eigenvalue weighted by atomic mass is 35.5. The van der Waals surface area contributed by atoms with Gasteiger partial charge in [0.25, 0.3) is 0 Å². The first-order chi connectivity index (χ1) is 9.56. The summed E-state index contributed by atoms with van der Waals surface area (Å²) in [5.74, 6) is -0.585. The fraction of sp³-hybridized carbons (Fsp3) is 0. The van der Waals surface area contributed by atoms with Crippen LogP contribution in [0.2, 0.25) is 10.0 Å². The fourth-order valence-corrected chi connectivity index (χ4v) is 1.80. The molecule has 2 N–H and O–H groups in total. The van der Waals surface area contributed by atoms with Gasteiger partial charge in [0.05, 0.1) is 21.8 Å². The van der Waals surface area contributed by atoms with Gasteiger partial charge in [-0.25, -0.2) is 9.78 Å². The number of aromatic nitrogens is 1. The first-order valence-corrected chi connectivity index (χ1v) is 6.25. The number of pyridine rings is 1. The second-order valence-electron chi connectivity index (χ2n) is 3.78. The van der Waals surface area contributed by atoms with E-state index in [9.17, 15) is 4.79 Å². The minimum absolute atomic E-state index is 0.220. The highest BCUT2D eigenvalue weighted by molar-refractivity contribution is 6.35. The Morgan fingerprint density at radius 2 is 2.00 bits per heavy atom. The van der Waals surface area contributed by atoms with Gasteiger partial charge in [-0.3, -0.25) is 5.43 Å². The average molecular weight is 310 g/mol. The zero-order valence-electron chi connectivity index (χ0n) is 10.0. The van der Waals surface area contributed by atoms with Crippen molar-refractivity contribution >= 4 is 41.2 Å². The van der Waals surface area contributed by atoms with Crippen molar-refractivity contribution in [1.29, 1.82) is 0 Å². The summed E-state index contributed by atoms with van der Waals surface area (Å²) in [5.41, 5.74) is 3.64. The maximum atomic E-state index is 10.7. The van der Waals surface area contributed by atoms with Crippen molar-refractivity contribution in [2.75, 3.05) is 5.43 Å². The average Bonchev–Trinajstić information content (AvgIpc) is 2.42. The number of hydrazone groups is 1. The number of carbonyl (C=O) groups is 1. The monoisotopic (exact) mass is 309 g/mol. The van der Waals surface area contributed by atoms with Crippen molar-refractivity contribution in [2.45, 2.75) is 0 Å². The van der Waals surface area contributed by atoms with E-state index >= 15 is 0 Å². The molecule has 2 aromatic rings. The van der Waals surface area contributed by atoms with Crippen LogP contribution in [0.5, 0.6) is 0 Å². The molecule has 2 rings (SSSR count). The van der Waals surface area contributed by atoms with Gasteiger partial charge in [-0.15, -0.1) is 0 Å². The summed E-state index contributed by atoms with van der Waals surface area (Å²) < 4.78 is 0. The van der Waals surface area contributed by atoms with Crippen molar-refractivity contribution in [3.63, 3.8) is 0 Å². The maximum Gasteiger partial charge on any atom is 0.335 e. The van der Waals surface area contributed by atoms with E-state index in [1.165, 1.54) is 24.5 Å². The Hall–Kier alpha value is -2.11.